The van der Waals surface area contributed by atoms with Gasteiger partial charge in [-0.3, -0.25) is 0 Å². The predicted molar refractivity (Wildman–Crippen MR) is 106 cm³/mol. The normalized spacial score (nSPS) is 10.4. The first-order valence-electron chi connectivity index (χ1n) is 9.20. The van der Waals surface area contributed by atoms with E-state index in [9.17, 15) is 0 Å². The molecule has 0 bridgehead atoms. The maximum Gasteiger partial charge on any atom is 0.164 e. The van der Waals surface area contributed by atoms with Gasteiger partial charge < -0.3 is 0 Å². The molecule has 1 rings (SSSR count). The summed E-state index contributed by atoms with van der Waals surface area (Å²) in [4.78, 5) is 0. The molecular formula is C22H32Si. The zero-order valence-corrected chi connectivity index (χ0v) is 16.5. The summed E-state index contributed by atoms with van der Waals surface area (Å²) in [6.45, 7) is 9.16. The lowest BCUT2D eigenvalue weighted by Gasteiger charge is -2.17. The van der Waals surface area contributed by atoms with Gasteiger partial charge in [-0.25, -0.2) is 0 Å². The van der Waals surface area contributed by atoms with E-state index in [1.165, 1.54) is 49.3 Å². The van der Waals surface area contributed by atoms with E-state index in [4.69, 9.17) is 0 Å². The number of unbranched alkanes of at least 4 members (excludes halogenated alkanes) is 6. The van der Waals surface area contributed by atoms with Crippen molar-refractivity contribution in [3.05, 3.63) is 29.8 Å². The average Bonchev–Trinajstić information content (AvgIpc) is 2.55. The molecule has 23 heavy (non-hydrogen) atoms. The second kappa shape index (κ2) is 11.1. The van der Waals surface area contributed by atoms with Gasteiger partial charge in [0.05, 0.1) is 0 Å². The van der Waals surface area contributed by atoms with E-state index in [0.29, 0.717) is 0 Å². The monoisotopic (exact) mass is 324 g/mol. The maximum absolute atomic E-state index is 3.61. The summed E-state index contributed by atoms with van der Waals surface area (Å²) >= 11 is 0. The second-order valence-electron chi connectivity index (χ2n) is 6.69. The Morgan fingerprint density at radius 2 is 1.43 bits per heavy atom. The van der Waals surface area contributed by atoms with Gasteiger partial charge in [0.15, 0.2) is 8.07 Å². The van der Waals surface area contributed by atoms with Crippen molar-refractivity contribution < 1.29 is 0 Å². The summed E-state index contributed by atoms with van der Waals surface area (Å²) < 4.78 is 0. The third-order valence-electron chi connectivity index (χ3n) is 4.04. The minimum absolute atomic E-state index is 1.01. The van der Waals surface area contributed by atoms with Crippen LogP contribution in [0.25, 0.3) is 0 Å². The summed E-state index contributed by atoms with van der Waals surface area (Å²) in [5.74, 6) is 10.2. The van der Waals surface area contributed by atoms with Crippen LogP contribution in [0.3, 0.4) is 0 Å². The summed E-state index contributed by atoms with van der Waals surface area (Å²) in [5, 5.41) is 1.39. The molecule has 0 nitrogen and oxygen atoms in total. The first kappa shape index (κ1) is 19.6. The third kappa shape index (κ3) is 7.58. The molecule has 0 aliphatic carbocycles. The maximum atomic E-state index is 3.61. The fourth-order valence-electron chi connectivity index (χ4n) is 2.57. The summed E-state index contributed by atoms with van der Waals surface area (Å²) in [5.41, 5.74) is 4.80. The van der Waals surface area contributed by atoms with Gasteiger partial charge in [-0.15, -0.1) is 11.5 Å². The topological polar surface area (TPSA) is 0 Å². The molecule has 1 heteroatoms. The Labute approximate surface area is 145 Å². The average molecular weight is 325 g/mol. The van der Waals surface area contributed by atoms with Crippen LogP contribution in [0, 0.1) is 23.3 Å². The van der Waals surface area contributed by atoms with Crippen molar-refractivity contribution >= 4 is 13.3 Å². The van der Waals surface area contributed by atoms with Crippen LogP contribution in [0.15, 0.2) is 24.3 Å². The zero-order valence-electron chi connectivity index (χ0n) is 15.5. The van der Waals surface area contributed by atoms with E-state index >= 15 is 0 Å². The first-order valence-corrected chi connectivity index (χ1v) is 12.2. The predicted octanol–water partition coefficient (Wildman–Crippen LogP) is 5.66. The molecule has 0 aromatic heterocycles. The molecule has 124 valence electrons. The largest absolute Gasteiger partial charge is 0.164 e. The standard InChI is InChI=1S/C22H32Si/c1-5-7-9-11-13-17-21-18-14-15-19-22(21)23(3,4)20-16-12-10-8-6-2/h14-15,18-19H,5-12H2,1-4H3. The van der Waals surface area contributed by atoms with Crippen LogP contribution in [0.4, 0.5) is 0 Å². The van der Waals surface area contributed by atoms with E-state index < -0.39 is 8.07 Å². The highest BCUT2D eigenvalue weighted by Gasteiger charge is 2.23. The van der Waals surface area contributed by atoms with Crippen molar-refractivity contribution in [3.63, 3.8) is 0 Å². The molecule has 0 aliphatic heterocycles. The summed E-state index contributed by atoms with van der Waals surface area (Å²) in [6, 6.07) is 8.63. The van der Waals surface area contributed by atoms with Crippen LogP contribution in [-0.4, -0.2) is 8.07 Å². The van der Waals surface area contributed by atoms with E-state index in [-0.39, 0.29) is 0 Å². The molecule has 0 spiro atoms. The quantitative estimate of drug-likeness (QED) is 0.345. The van der Waals surface area contributed by atoms with Crippen LogP contribution < -0.4 is 5.19 Å². The van der Waals surface area contributed by atoms with Gasteiger partial charge in [-0.2, -0.15) is 0 Å². The molecule has 0 saturated heterocycles. The van der Waals surface area contributed by atoms with Crippen LogP contribution in [0.2, 0.25) is 13.1 Å². The lowest BCUT2D eigenvalue weighted by molar-refractivity contribution is 0.737. The molecular weight excluding hydrogens is 292 g/mol. The first-order chi connectivity index (χ1) is 11.1. The summed E-state index contributed by atoms with van der Waals surface area (Å²) in [6.07, 6.45) is 9.57. The molecule has 0 N–H and O–H groups in total. The van der Waals surface area contributed by atoms with Gasteiger partial charge in [0.2, 0.25) is 0 Å². The minimum atomic E-state index is -1.72. The van der Waals surface area contributed by atoms with E-state index in [0.717, 1.165) is 12.8 Å². The van der Waals surface area contributed by atoms with Crippen LogP contribution in [0.1, 0.15) is 70.8 Å². The SMILES string of the molecule is CCCCCC#Cc1ccccc1[Si](C)(C)C#CCCCCC. The Bertz CT molecular complexity index is 575. The number of hydrogen-bond acceptors (Lipinski definition) is 0. The van der Waals surface area contributed by atoms with Crippen molar-refractivity contribution in [2.45, 2.75) is 78.3 Å². The fraction of sp³-hybridized carbons (Fsp3) is 0.545. The Balaban J connectivity index is 2.81. The van der Waals surface area contributed by atoms with Crippen LogP contribution in [0.5, 0.6) is 0 Å². The van der Waals surface area contributed by atoms with Crippen molar-refractivity contribution in [2.24, 2.45) is 0 Å². The van der Waals surface area contributed by atoms with Crippen LogP contribution >= 0.6 is 0 Å². The van der Waals surface area contributed by atoms with E-state index in [1.807, 2.05) is 0 Å². The Hall–Kier alpha value is -1.44. The van der Waals surface area contributed by atoms with E-state index in [2.05, 4.69) is 74.5 Å². The highest BCUT2D eigenvalue weighted by atomic mass is 28.3. The number of hydrogen-bond donors (Lipinski definition) is 0. The molecule has 0 radical (unpaired) electrons. The van der Waals surface area contributed by atoms with Crippen molar-refractivity contribution in [2.75, 3.05) is 0 Å². The summed E-state index contributed by atoms with van der Waals surface area (Å²) in [7, 11) is -1.72. The highest BCUT2D eigenvalue weighted by molar-refractivity contribution is 6.96. The lowest BCUT2D eigenvalue weighted by Crippen LogP contribution is -2.42. The molecule has 0 saturated carbocycles. The van der Waals surface area contributed by atoms with Crippen molar-refractivity contribution in [1.29, 1.82) is 0 Å². The molecule has 0 fully saturated rings. The van der Waals surface area contributed by atoms with Crippen LogP contribution in [-0.2, 0) is 0 Å². The Morgan fingerprint density at radius 1 is 0.826 bits per heavy atom. The Morgan fingerprint density at radius 3 is 2.09 bits per heavy atom. The molecule has 0 amide bonds. The third-order valence-corrected chi connectivity index (χ3v) is 6.62. The minimum Gasteiger partial charge on any atom is -0.126 e. The van der Waals surface area contributed by atoms with Crippen molar-refractivity contribution in [1.82, 2.24) is 0 Å². The van der Waals surface area contributed by atoms with Gasteiger partial charge in [0, 0.05) is 18.4 Å². The van der Waals surface area contributed by atoms with Gasteiger partial charge >= 0.3 is 0 Å². The van der Waals surface area contributed by atoms with Gasteiger partial charge in [0.25, 0.3) is 0 Å². The molecule has 1 aromatic carbocycles. The Kier molecular flexibility index (Phi) is 9.50. The second-order valence-corrected chi connectivity index (χ2v) is 10.7. The highest BCUT2D eigenvalue weighted by Crippen LogP contribution is 2.07. The number of rotatable bonds is 7. The lowest BCUT2D eigenvalue weighted by atomic mass is 10.2. The fourth-order valence-corrected chi connectivity index (χ4v) is 4.61. The van der Waals surface area contributed by atoms with Gasteiger partial charge in [0.1, 0.15) is 0 Å². The van der Waals surface area contributed by atoms with Crippen molar-refractivity contribution in [3.8, 4) is 23.3 Å². The zero-order chi connectivity index (χ0) is 17.0. The smallest absolute Gasteiger partial charge is 0.126 e. The molecule has 0 unspecified atom stereocenters. The molecule has 1 aromatic rings. The molecule has 0 atom stereocenters. The molecule has 0 aliphatic rings. The van der Waals surface area contributed by atoms with E-state index in [1.54, 1.807) is 0 Å². The molecule has 0 heterocycles. The van der Waals surface area contributed by atoms with Gasteiger partial charge in [-0.1, -0.05) is 82.7 Å². The van der Waals surface area contributed by atoms with Gasteiger partial charge in [-0.05, 0) is 24.1 Å². The number of benzene rings is 1.